The van der Waals surface area contributed by atoms with E-state index in [4.69, 9.17) is 4.74 Å². The first kappa shape index (κ1) is 29.2. The topological polar surface area (TPSA) is 99.5 Å². The van der Waals surface area contributed by atoms with Crippen molar-refractivity contribution in [2.45, 2.75) is 50.7 Å². The number of pyridine rings is 1. The molecule has 2 N–H and O–H groups in total. The molecular formula is C30H26F5N5O4. The van der Waals surface area contributed by atoms with Gasteiger partial charge in [-0.2, -0.15) is 18.3 Å². The number of benzene rings is 2. The molecule has 0 spiro atoms. The van der Waals surface area contributed by atoms with Crippen molar-refractivity contribution in [2.24, 2.45) is 0 Å². The van der Waals surface area contributed by atoms with Crippen molar-refractivity contribution in [3.05, 3.63) is 88.9 Å². The number of halogens is 5. The zero-order valence-electron chi connectivity index (χ0n) is 23.4. The second kappa shape index (κ2) is 11.0. The molecule has 1 aliphatic heterocycles. The summed E-state index contributed by atoms with van der Waals surface area (Å²) < 4.78 is 84.4. The van der Waals surface area contributed by atoms with Gasteiger partial charge in [-0.15, -0.1) is 8.78 Å². The number of carbonyl (C=O) groups excluding carboxylic acids is 1. The van der Waals surface area contributed by atoms with E-state index in [9.17, 15) is 26.7 Å². The Morgan fingerprint density at radius 1 is 1.09 bits per heavy atom. The summed E-state index contributed by atoms with van der Waals surface area (Å²) in [6.45, 7) is 1.77. The smallest absolute Gasteiger partial charge is 0.465 e. The predicted molar refractivity (Wildman–Crippen MR) is 148 cm³/mol. The summed E-state index contributed by atoms with van der Waals surface area (Å²) in [5.41, 5.74) is 1.45. The van der Waals surface area contributed by atoms with Crippen molar-refractivity contribution < 1.29 is 41.0 Å². The number of fused-ring (bicyclic) bond motifs is 2. The molecule has 0 bridgehead atoms. The summed E-state index contributed by atoms with van der Waals surface area (Å²) in [7, 11) is 1.28. The molecule has 4 aromatic rings. The summed E-state index contributed by atoms with van der Waals surface area (Å²) in [4.78, 5) is 16.1. The quantitative estimate of drug-likeness (QED) is 0.169. The summed E-state index contributed by atoms with van der Waals surface area (Å²) in [6, 6.07) is 13.0. The maximum absolute atomic E-state index is 14.2. The number of ether oxygens (including phenoxy) is 3. The Morgan fingerprint density at radius 2 is 1.84 bits per heavy atom. The van der Waals surface area contributed by atoms with E-state index in [1.54, 1.807) is 49.4 Å². The van der Waals surface area contributed by atoms with Gasteiger partial charge in [0.25, 0.3) is 0 Å². The van der Waals surface area contributed by atoms with Gasteiger partial charge in [0.1, 0.15) is 5.82 Å². The first-order chi connectivity index (χ1) is 20.9. The number of anilines is 2. The Kier molecular flexibility index (Phi) is 7.30. The highest BCUT2D eigenvalue weighted by Crippen LogP contribution is 2.43. The molecule has 6 rings (SSSR count). The lowest BCUT2D eigenvalue weighted by Gasteiger charge is -2.27. The van der Waals surface area contributed by atoms with Crippen LogP contribution in [0, 0.1) is 0 Å². The van der Waals surface area contributed by atoms with Crippen LogP contribution < -0.4 is 20.1 Å². The number of hydrogen-bond donors (Lipinski definition) is 2. The number of methoxy groups -OCH3 is 1. The predicted octanol–water partition coefficient (Wildman–Crippen LogP) is 7.06. The van der Waals surface area contributed by atoms with Gasteiger partial charge in [-0.25, -0.2) is 14.5 Å². The Balaban J connectivity index is 1.30. The van der Waals surface area contributed by atoms with E-state index < -0.39 is 36.2 Å². The molecule has 14 heteroatoms. The van der Waals surface area contributed by atoms with Gasteiger partial charge in [-0.1, -0.05) is 6.07 Å². The fourth-order valence-corrected chi connectivity index (χ4v) is 5.44. The molecule has 2 atom stereocenters. The summed E-state index contributed by atoms with van der Waals surface area (Å²) in [5, 5.41) is 10.5. The van der Waals surface area contributed by atoms with E-state index in [0.717, 1.165) is 0 Å². The highest BCUT2D eigenvalue weighted by molar-refractivity contribution is 5.89. The van der Waals surface area contributed by atoms with Gasteiger partial charge in [0.2, 0.25) is 0 Å². The van der Waals surface area contributed by atoms with Gasteiger partial charge < -0.3 is 24.8 Å². The molecule has 2 aromatic carbocycles. The molecule has 0 radical (unpaired) electrons. The van der Waals surface area contributed by atoms with Crippen molar-refractivity contribution in [3.63, 3.8) is 0 Å². The minimum Gasteiger partial charge on any atom is -0.465 e. The van der Waals surface area contributed by atoms with E-state index in [2.05, 4.69) is 30.2 Å². The molecule has 9 nitrogen and oxygen atoms in total. The Morgan fingerprint density at radius 3 is 2.57 bits per heavy atom. The lowest BCUT2D eigenvalue weighted by Crippen LogP contribution is -2.25. The molecule has 1 unspecified atom stereocenters. The average molecular weight is 616 g/mol. The van der Waals surface area contributed by atoms with Crippen LogP contribution in [0.5, 0.6) is 11.5 Å². The van der Waals surface area contributed by atoms with Gasteiger partial charge in [-0.3, -0.25) is 0 Å². The van der Waals surface area contributed by atoms with Crippen LogP contribution in [-0.4, -0.2) is 34.1 Å². The van der Waals surface area contributed by atoms with Crippen LogP contribution in [0.2, 0.25) is 0 Å². The summed E-state index contributed by atoms with van der Waals surface area (Å²) >= 11 is 0. The Labute approximate surface area is 247 Å². The zero-order chi connectivity index (χ0) is 31.2. The summed E-state index contributed by atoms with van der Waals surface area (Å²) in [5.74, 6) is -0.364. The minimum atomic E-state index is -4.67. The van der Waals surface area contributed by atoms with Gasteiger partial charge >= 0.3 is 18.4 Å². The van der Waals surface area contributed by atoms with Gasteiger partial charge in [0, 0.05) is 23.5 Å². The second-order valence-electron chi connectivity index (χ2n) is 10.4. The maximum atomic E-state index is 14.2. The van der Waals surface area contributed by atoms with Crippen molar-refractivity contribution in [1.82, 2.24) is 14.8 Å². The zero-order valence-corrected chi connectivity index (χ0v) is 23.4. The monoisotopic (exact) mass is 615 g/mol. The lowest BCUT2D eigenvalue weighted by atomic mass is 9.91. The van der Waals surface area contributed by atoms with Crippen LogP contribution in [0.15, 0.2) is 60.8 Å². The van der Waals surface area contributed by atoms with E-state index in [1.165, 1.54) is 30.1 Å². The van der Waals surface area contributed by atoms with E-state index in [0.29, 0.717) is 46.9 Å². The van der Waals surface area contributed by atoms with Crippen LogP contribution in [0.1, 0.15) is 64.7 Å². The van der Waals surface area contributed by atoms with Crippen molar-refractivity contribution >= 4 is 17.5 Å². The van der Waals surface area contributed by atoms with E-state index in [1.807, 2.05) is 0 Å². The number of nitrogens with zero attached hydrogens (tertiary/aromatic N) is 3. The molecule has 0 fully saturated rings. The van der Waals surface area contributed by atoms with E-state index in [-0.39, 0.29) is 23.5 Å². The van der Waals surface area contributed by atoms with Crippen LogP contribution >= 0.6 is 0 Å². The SMILES string of the molecule is COC(=O)c1ccc(N[C@H]2CCCc3c(C(F)(F)F)nn(-c4ccnc(NC(C)c5ccc6c(c5)OC(F)(F)O6)c4)c32)cc1. The number of carbonyl (C=O) groups is 1. The molecule has 2 aromatic heterocycles. The number of esters is 1. The highest BCUT2D eigenvalue weighted by Gasteiger charge is 2.44. The number of nitrogens with one attached hydrogen (secondary N) is 2. The third kappa shape index (κ3) is 5.71. The Hall–Kier alpha value is -4.88. The molecule has 0 saturated heterocycles. The second-order valence-corrected chi connectivity index (χ2v) is 10.4. The van der Waals surface area contributed by atoms with Gasteiger partial charge in [0.05, 0.1) is 36.1 Å². The molecule has 0 amide bonds. The normalized spacial score (nSPS) is 17.5. The molecule has 230 valence electrons. The average Bonchev–Trinajstić information content (AvgIpc) is 3.54. The molecule has 2 aliphatic rings. The summed E-state index contributed by atoms with van der Waals surface area (Å²) in [6.07, 6.45) is -5.70. The van der Waals surface area contributed by atoms with E-state index >= 15 is 0 Å². The fraction of sp³-hybridized carbons (Fsp3) is 0.300. The molecule has 1 aliphatic carbocycles. The lowest BCUT2D eigenvalue weighted by molar-refractivity contribution is -0.286. The standard InChI is InChI=1S/C30H26F5N5O4/c1-16(18-8-11-23-24(14-18)44-30(34,35)43-23)37-25-15-20(12-13-36-25)40-26-21(27(39-40)29(31,32)33)4-3-5-22(26)38-19-9-6-17(7-10-19)28(41)42-2/h6-16,22,38H,3-5H2,1-2H3,(H,36,37)/t16?,22-/m0/s1. The molecular weight excluding hydrogens is 589 g/mol. The van der Waals surface area contributed by atoms with Crippen molar-refractivity contribution in [1.29, 1.82) is 0 Å². The van der Waals surface area contributed by atoms with Crippen LogP contribution in [0.25, 0.3) is 5.69 Å². The number of hydrogen-bond acceptors (Lipinski definition) is 8. The first-order valence-corrected chi connectivity index (χ1v) is 13.7. The van der Waals surface area contributed by atoms with Crippen molar-refractivity contribution in [2.75, 3.05) is 17.7 Å². The number of rotatable bonds is 7. The largest absolute Gasteiger partial charge is 0.586 e. The third-order valence-corrected chi connectivity index (χ3v) is 7.47. The molecule has 0 saturated carbocycles. The van der Waals surface area contributed by atoms with Gasteiger partial charge in [-0.05, 0) is 74.2 Å². The number of alkyl halides is 5. The van der Waals surface area contributed by atoms with Gasteiger partial charge in [0.15, 0.2) is 17.2 Å². The maximum Gasteiger partial charge on any atom is 0.586 e. The molecule has 44 heavy (non-hydrogen) atoms. The van der Waals surface area contributed by atoms with Crippen LogP contribution in [0.4, 0.5) is 33.5 Å². The minimum absolute atomic E-state index is 0.0856. The third-order valence-electron chi connectivity index (χ3n) is 7.47. The van der Waals surface area contributed by atoms with Crippen LogP contribution in [-0.2, 0) is 17.3 Å². The number of aromatic nitrogens is 3. The highest BCUT2D eigenvalue weighted by atomic mass is 19.4. The van der Waals surface area contributed by atoms with Crippen molar-refractivity contribution in [3.8, 4) is 17.2 Å². The van der Waals surface area contributed by atoms with Crippen LogP contribution in [0.3, 0.4) is 0 Å². The Bertz CT molecular complexity index is 1710. The molecule has 3 heterocycles. The first-order valence-electron chi connectivity index (χ1n) is 13.7. The fourth-order valence-electron chi connectivity index (χ4n) is 5.44.